The van der Waals surface area contributed by atoms with Crippen molar-refractivity contribution in [1.82, 2.24) is 0 Å². The Hall–Kier alpha value is -2.27. The van der Waals surface area contributed by atoms with Crippen LogP contribution in [0.5, 0.6) is 0 Å². The summed E-state index contributed by atoms with van der Waals surface area (Å²) in [6.45, 7) is 0. The Balaban J connectivity index is 2.24. The molecule has 0 saturated carbocycles. The molecule has 1 unspecified atom stereocenters. The lowest BCUT2D eigenvalue weighted by atomic mass is 9.97. The van der Waals surface area contributed by atoms with Crippen LogP contribution in [0.3, 0.4) is 0 Å². The molecule has 0 bridgehead atoms. The van der Waals surface area contributed by atoms with Gasteiger partial charge >= 0.3 is 0 Å². The molecule has 1 aliphatic carbocycles. The summed E-state index contributed by atoms with van der Waals surface area (Å²) in [5.74, 6) is 0.931. The second-order valence-corrected chi connectivity index (χ2v) is 4.36. The Morgan fingerprint density at radius 2 is 2.00 bits per heavy atom. The highest BCUT2D eigenvalue weighted by Gasteiger charge is 2.20. The van der Waals surface area contributed by atoms with E-state index in [0.29, 0.717) is 12.8 Å². The summed E-state index contributed by atoms with van der Waals surface area (Å²) in [6, 6.07) is 10.4. The zero-order chi connectivity index (χ0) is 12.4. The van der Waals surface area contributed by atoms with Gasteiger partial charge < -0.3 is 4.74 Å². The number of nitrogens with zero attached hydrogens (tertiary/aromatic N) is 1. The van der Waals surface area contributed by atoms with Crippen molar-refractivity contribution in [3.05, 3.63) is 59.0 Å². The molecular formula is C16H13NO. The van der Waals surface area contributed by atoms with Gasteiger partial charge in [-0.25, -0.2) is 0 Å². The molecule has 2 nitrogen and oxygen atoms in total. The topological polar surface area (TPSA) is 33.0 Å². The molecule has 0 fully saturated rings. The van der Waals surface area contributed by atoms with Crippen molar-refractivity contribution in [1.29, 1.82) is 5.26 Å². The van der Waals surface area contributed by atoms with Crippen LogP contribution in [-0.4, -0.2) is 6.10 Å². The van der Waals surface area contributed by atoms with Crippen LogP contribution >= 0.6 is 0 Å². The lowest BCUT2D eigenvalue weighted by molar-refractivity contribution is 0.243. The van der Waals surface area contributed by atoms with Crippen molar-refractivity contribution in [3.8, 4) is 6.07 Å². The maximum absolute atomic E-state index is 8.73. The minimum atomic E-state index is -0.00130. The van der Waals surface area contributed by atoms with Gasteiger partial charge in [0.1, 0.15) is 11.9 Å². The fourth-order valence-electron chi connectivity index (χ4n) is 2.43. The summed E-state index contributed by atoms with van der Waals surface area (Å²) >= 11 is 0. The SMILES string of the molecule is N#CCCC1=c2ccccc2=C2C=CC=CC2O1. The number of ether oxygens (including phenoxy) is 1. The Bertz CT molecular complexity index is 689. The molecule has 3 rings (SSSR count). The number of nitriles is 1. The third-order valence-electron chi connectivity index (χ3n) is 3.25. The molecule has 2 heteroatoms. The van der Waals surface area contributed by atoms with Gasteiger partial charge in [-0.05, 0) is 11.3 Å². The summed E-state index contributed by atoms with van der Waals surface area (Å²) in [4.78, 5) is 0. The number of allylic oxidation sites excluding steroid dienone is 2. The Kier molecular flexibility index (Phi) is 2.74. The van der Waals surface area contributed by atoms with Crippen LogP contribution in [0, 0.1) is 11.3 Å². The summed E-state index contributed by atoms with van der Waals surface area (Å²) in [5.41, 5.74) is 1.20. The van der Waals surface area contributed by atoms with Crippen molar-refractivity contribution >= 4 is 11.3 Å². The van der Waals surface area contributed by atoms with Gasteiger partial charge in [-0.15, -0.1) is 0 Å². The maximum atomic E-state index is 8.73. The van der Waals surface area contributed by atoms with Gasteiger partial charge in [-0.2, -0.15) is 5.26 Å². The lowest BCUT2D eigenvalue weighted by Gasteiger charge is -2.25. The van der Waals surface area contributed by atoms with E-state index in [0.717, 1.165) is 11.0 Å². The second-order valence-electron chi connectivity index (χ2n) is 4.36. The van der Waals surface area contributed by atoms with Gasteiger partial charge in [0, 0.05) is 23.6 Å². The standard InChI is InChI=1S/C16H13NO/c17-11-5-10-16-14-7-2-1-6-12(14)13-8-3-4-9-15(13)18-16/h1-4,6-9,15H,5,10H2. The second kappa shape index (κ2) is 4.54. The van der Waals surface area contributed by atoms with E-state index < -0.39 is 0 Å². The molecule has 0 saturated heterocycles. The van der Waals surface area contributed by atoms with Gasteiger partial charge in [-0.3, -0.25) is 0 Å². The molecule has 0 radical (unpaired) electrons. The first-order valence-electron chi connectivity index (χ1n) is 6.11. The van der Waals surface area contributed by atoms with E-state index >= 15 is 0 Å². The molecule has 18 heavy (non-hydrogen) atoms. The number of rotatable bonds is 2. The molecule has 0 amide bonds. The lowest BCUT2D eigenvalue weighted by Crippen LogP contribution is -2.38. The molecule has 1 aromatic rings. The Morgan fingerprint density at radius 3 is 2.83 bits per heavy atom. The molecule has 88 valence electrons. The molecule has 0 N–H and O–H groups in total. The summed E-state index contributed by atoms with van der Waals surface area (Å²) < 4.78 is 6.01. The van der Waals surface area contributed by atoms with Crippen molar-refractivity contribution in [2.24, 2.45) is 0 Å². The monoisotopic (exact) mass is 235 g/mol. The number of hydrogen-bond acceptors (Lipinski definition) is 2. The first-order chi connectivity index (χ1) is 8.90. The zero-order valence-electron chi connectivity index (χ0n) is 9.97. The van der Waals surface area contributed by atoms with Crippen LogP contribution in [-0.2, 0) is 4.74 Å². The van der Waals surface area contributed by atoms with E-state index in [2.05, 4.69) is 30.4 Å². The van der Waals surface area contributed by atoms with Crippen LogP contribution in [0.2, 0.25) is 0 Å². The van der Waals surface area contributed by atoms with E-state index in [1.807, 2.05) is 24.3 Å². The average Bonchev–Trinajstić information content (AvgIpc) is 2.45. The summed E-state index contributed by atoms with van der Waals surface area (Å²) in [5, 5.41) is 11.1. The van der Waals surface area contributed by atoms with E-state index in [9.17, 15) is 0 Å². The maximum Gasteiger partial charge on any atom is 0.142 e. The van der Waals surface area contributed by atoms with Crippen LogP contribution in [0.15, 0.2) is 48.6 Å². The fraction of sp³-hybridized carbons (Fsp3) is 0.188. The van der Waals surface area contributed by atoms with Crippen LogP contribution in [0.25, 0.3) is 11.3 Å². The van der Waals surface area contributed by atoms with E-state index in [1.54, 1.807) is 0 Å². The Morgan fingerprint density at radius 1 is 1.17 bits per heavy atom. The summed E-state index contributed by atoms with van der Waals surface area (Å²) in [7, 11) is 0. The number of hydrogen-bond donors (Lipinski definition) is 0. The molecule has 0 spiro atoms. The van der Waals surface area contributed by atoms with Crippen molar-refractivity contribution in [2.75, 3.05) is 0 Å². The van der Waals surface area contributed by atoms with Crippen LogP contribution < -0.4 is 10.4 Å². The average molecular weight is 235 g/mol. The minimum Gasteiger partial charge on any atom is -0.485 e. The van der Waals surface area contributed by atoms with Crippen molar-refractivity contribution in [2.45, 2.75) is 18.9 Å². The third-order valence-corrected chi connectivity index (χ3v) is 3.25. The normalized spacial score (nSPS) is 19.8. The molecule has 1 heterocycles. The first kappa shape index (κ1) is 10.9. The molecule has 1 atom stereocenters. The molecule has 1 aliphatic heterocycles. The smallest absolute Gasteiger partial charge is 0.142 e. The van der Waals surface area contributed by atoms with E-state index in [-0.39, 0.29) is 6.10 Å². The van der Waals surface area contributed by atoms with E-state index in [1.165, 1.54) is 10.8 Å². The molecule has 0 aromatic heterocycles. The number of benzene rings is 1. The first-order valence-corrected chi connectivity index (χ1v) is 6.11. The van der Waals surface area contributed by atoms with Crippen molar-refractivity contribution < 1.29 is 4.74 Å². The van der Waals surface area contributed by atoms with Crippen molar-refractivity contribution in [3.63, 3.8) is 0 Å². The highest BCUT2D eigenvalue weighted by atomic mass is 16.5. The minimum absolute atomic E-state index is 0.00130. The molecule has 2 aliphatic rings. The van der Waals surface area contributed by atoms with Crippen LogP contribution in [0.1, 0.15) is 12.8 Å². The number of fused-ring (bicyclic) bond motifs is 2. The Labute approximate surface area is 106 Å². The van der Waals surface area contributed by atoms with Gasteiger partial charge in [0.25, 0.3) is 0 Å². The van der Waals surface area contributed by atoms with Gasteiger partial charge in [0.15, 0.2) is 0 Å². The largest absolute Gasteiger partial charge is 0.485 e. The molecular weight excluding hydrogens is 222 g/mol. The highest BCUT2D eigenvalue weighted by molar-refractivity contribution is 5.69. The third kappa shape index (κ3) is 1.74. The predicted molar refractivity (Wildman–Crippen MR) is 70.5 cm³/mol. The van der Waals surface area contributed by atoms with Gasteiger partial charge in [-0.1, -0.05) is 42.5 Å². The predicted octanol–water partition coefficient (Wildman–Crippen LogP) is 1.77. The quantitative estimate of drug-likeness (QED) is 0.782. The zero-order valence-corrected chi connectivity index (χ0v) is 9.97. The highest BCUT2D eigenvalue weighted by Crippen LogP contribution is 2.22. The summed E-state index contributed by atoms with van der Waals surface area (Å²) in [6.07, 6.45) is 9.36. The molecule has 1 aromatic carbocycles. The van der Waals surface area contributed by atoms with Gasteiger partial charge in [0.05, 0.1) is 6.07 Å². The van der Waals surface area contributed by atoms with E-state index in [4.69, 9.17) is 10.00 Å². The fourth-order valence-corrected chi connectivity index (χ4v) is 2.43. The van der Waals surface area contributed by atoms with Gasteiger partial charge in [0.2, 0.25) is 0 Å². The van der Waals surface area contributed by atoms with Crippen LogP contribution in [0.4, 0.5) is 0 Å².